The Bertz CT molecular complexity index is 1530. The van der Waals surface area contributed by atoms with Crippen LogP contribution in [0.4, 0.5) is 5.69 Å². The van der Waals surface area contributed by atoms with Crippen LogP contribution in [-0.2, 0) is 23.2 Å². The van der Waals surface area contributed by atoms with Gasteiger partial charge in [0.05, 0.1) is 17.0 Å². The molecule has 3 aromatic carbocycles. The number of hydrogen-bond acceptors (Lipinski definition) is 4. The molecule has 1 saturated carbocycles. The molecule has 5 nitrogen and oxygen atoms in total. The minimum Gasteiger partial charge on any atom is -0.325 e. The van der Waals surface area contributed by atoms with Crippen LogP contribution in [0.3, 0.4) is 0 Å². The first-order valence-electron chi connectivity index (χ1n) is 12.7. The van der Waals surface area contributed by atoms with E-state index in [4.69, 9.17) is 4.98 Å². The van der Waals surface area contributed by atoms with Crippen LogP contribution in [0.1, 0.15) is 43.7 Å². The molecule has 1 spiro atoms. The molecule has 1 aromatic heterocycles. The van der Waals surface area contributed by atoms with Crippen molar-refractivity contribution in [3.8, 4) is 11.3 Å². The van der Waals surface area contributed by atoms with Crippen molar-refractivity contribution >= 4 is 34.1 Å². The summed E-state index contributed by atoms with van der Waals surface area (Å²) in [5.41, 5.74) is 4.80. The Hall–Kier alpha value is -3.38. The lowest BCUT2D eigenvalue weighted by atomic mass is 9.68. The first kappa shape index (κ1) is 23.0. The molecule has 2 aliphatic rings. The molecule has 1 N–H and O–H groups in total. The van der Waals surface area contributed by atoms with E-state index in [1.807, 2.05) is 55.5 Å². The zero-order chi connectivity index (χ0) is 24.7. The number of nitrogens with one attached hydrogen (secondary N) is 1. The normalized spacial score (nSPS) is 15.6. The first-order valence-corrected chi connectivity index (χ1v) is 13.7. The van der Waals surface area contributed by atoms with Gasteiger partial charge in [-0.3, -0.25) is 14.2 Å². The molecule has 6 heteroatoms. The zero-order valence-electron chi connectivity index (χ0n) is 20.4. The predicted molar refractivity (Wildman–Crippen MR) is 147 cm³/mol. The third kappa shape index (κ3) is 3.84. The van der Waals surface area contributed by atoms with Crippen molar-refractivity contribution in [2.75, 3.05) is 11.1 Å². The standard InChI is InChI=1S/C30H29N3O2S/c1-2-33-28(35)26-27(23-14-6-4-11-21(23)18-30(26)16-7-8-17-30)32-29(33)36-19-25(34)31-24-15-9-12-20-10-3-5-13-22(20)24/h3-6,9-15H,2,7-8,16-19H2,1H3,(H,31,34). The number of carbonyl (C=O) groups excluding carboxylic acids is 1. The van der Waals surface area contributed by atoms with E-state index in [0.717, 1.165) is 65.4 Å². The van der Waals surface area contributed by atoms with Gasteiger partial charge in [0.15, 0.2) is 5.16 Å². The van der Waals surface area contributed by atoms with E-state index >= 15 is 0 Å². The maximum atomic E-state index is 13.9. The highest BCUT2D eigenvalue weighted by molar-refractivity contribution is 7.99. The summed E-state index contributed by atoms with van der Waals surface area (Å²) in [6, 6.07) is 22.3. The molecule has 36 heavy (non-hydrogen) atoms. The molecule has 0 atom stereocenters. The SMILES string of the molecule is CCn1c(SCC(=O)Nc2cccc3ccccc23)nc2c(c1=O)C1(CCCC1)Cc1ccccc1-2. The minimum atomic E-state index is -0.112. The van der Waals surface area contributed by atoms with Gasteiger partial charge >= 0.3 is 0 Å². The minimum absolute atomic E-state index is 0.0656. The zero-order valence-corrected chi connectivity index (χ0v) is 21.2. The molecule has 6 rings (SSSR count). The second-order valence-corrected chi connectivity index (χ2v) is 10.8. The first-order chi connectivity index (χ1) is 17.6. The Morgan fingerprint density at radius 3 is 2.61 bits per heavy atom. The largest absolute Gasteiger partial charge is 0.325 e. The van der Waals surface area contributed by atoms with Gasteiger partial charge in [0.2, 0.25) is 5.91 Å². The third-order valence-corrected chi connectivity index (χ3v) is 8.72. The molecule has 1 fully saturated rings. The second-order valence-electron chi connectivity index (χ2n) is 9.85. The van der Waals surface area contributed by atoms with Gasteiger partial charge in [0.25, 0.3) is 5.56 Å². The van der Waals surface area contributed by atoms with E-state index < -0.39 is 0 Å². The molecule has 2 aliphatic carbocycles. The Balaban J connectivity index is 1.34. The van der Waals surface area contributed by atoms with Crippen LogP contribution in [-0.4, -0.2) is 21.2 Å². The molecule has 4 aromatic rings. The van der Waals surface area contributed by atoms with Gasteiger partial charge in [0.1, 0.15) is 0 Å². The molecule has 0 unspecified atom stereocenters. The Kier molecular flexibility index (Phi) is 5.92. The summed E-state index contributed by atoms with van der Waals surface area (Å²) in [4.78, 5) is 32.0. The van der Waals surface area contributed by atoms with E-state index in [9.17, 15) is 9.59 Å². The van der Waals surface area contributed by atoms with Gasteiger partial charge in [0, 0.05) is 28.6 Å². The van der Waals surface area contributed by atoms with E-state index in [1.54, 1.807) is 4.57 Å². The Labute approximate surface area is 215 Å². The summed E-state index contributed by atoms with van der Waals surface area (Å²) in [7, 11) is 0. The molecule has 1 amide bonds. The van der Waals surface area contributed by atoms with Crippen LogP contribution in [0.15, 0.2) is 76.7 Å². The summed E-state index contributed by atoms with van der Waals surface area (Å²) < 4.78 is 1.77. The number of fused-ring (bicyclic) bond motifs is 5. The highest BCUT2D eigenvalue weighted by Gasteiger charge is 2.44. The van der Waals surface area contributed by atoms with Crippen LogP contribution in [0.5, 0.6) is 0 Å². The van der Waals surface area contributed by atoms with Gasteiger partial charge < -0.3 is 5.32 Å². The number of amides is 1. The van der Waals surface area contributed by atoms with E-state index in [0.29, 0.717) is 11.7 Å². The van der Waals surface area contributed by atoms with Gasteiger partial charge in [-0.15, -0.1) is 0 Å². The van der Waals surface area contributed by atoms with Crippen LogP contribution in [0.25, 0.3) is 22.0 Å². The van der Waals surface area contributed by atoms with Crippen molar-refractivity contribution in [2.45, 2.75) is 56.1 Å². The quantitative estimate of drug-likeness (QED) is 0.265. The monoisotopic (exact) mass is 495 g/mol. The average molecular weight is 496 g/mol. The number of anilines is 1. The number of hydrogen-bond donors (Lipinski definition) is 1. The van der Waals surface area contributed by atoms with Gasteiger partial charge in [-0.25, -0.2) is 4.98 Å². The smallest absolute Gasteiger partial charge is 0.258 e. The highest BCUT2D eigenvalue weighted by Crippen LogP contribution is 2.49. The fraction of sp³-hybridized carbons (Fsp3) is 0.300. The summed E-state index contributed by atoms with van der Waals surface area (Å²) in [5, 5.41) is 5.75. The molecular weight excluding hydrogens is 466 g/mol. The molecule has 1 heterocycles. The van der Waals surface area contributed by atoms with Crippen molar-refractivity contribution in [1.82, 2.24) is 9.55 Å². The number of aromatic nitrogens is 2. The number of benzene rings is 3. The summed E-state index contributed by atoms with van der Waals surface area (Å²) in [6.07, 6.45) is 5.29. The maximum absolute atomic E-state index is 13.9. The number of thioether (sulfide) groups is 1. The van der Waals surface area contributed by atoms with Gasteiger partial charge in [-0.2, -0.15) is 0 Å². The third-order valence-electron chi connectivity index (χ3n) is 7.74. The van der Waals surface area contributed by atoms with E-state index in [2.05, 4.69) is 23.5 Å². The lowest BCUT2D eigenvalue weighted by Crippen LogP contribution is -2.40. The fourth-order valence-electron chi connectivity index (χ4n) is 6.08. The average Bonchev–Trinajstić information content (AvgIpc) is 3.36. The fourth-order valence-corrected chi connectivity index (χ4v) is 6.94. The van der Waals surface area contributed by atoms with Crippen LogP contribution < -0.4 is 10.9 Å². The maximum Gasteiger partial charge on any atom is 0.258 e. The molecule has 0 aliphatic heterocycles. The van der Waals surface area contributed by atoms with Crippen molar-refractivity contribution in [2.24, 2.45) is 0 Å². The molecule has 0 saturated heterocycles. The van der Waals surface area contributed by atoms with Crippen molar-refractivity contribution < 1.29 is 4.79 Å². The van der Waals surface area contributed by atoms with Crippen molar-refractivity contribution in [1.29, 1.82) is 0 Å². The van der Waals surface area contributed by atoms with Crippen molar-refractivity contribution in [3.63, 3.8) is 0 Å². The number of rotatable bonds is 5. The summed E-state index contributed by atoms with van der Waals surface area (Å²) in [6.45, 7) is 2.51. The molecular formula is C30H29N3O2S. The molecule has 0 radical (unpaired) electrons. The lowest BCUT2D eigenvalue weighted by molar-refractivity contribution is -0.113. The van der Waals surface area contributed by atoms with E-state index in [1.165, 1.54) is 17.3 Å². The second kappa shape index (κ2) is 9.25. The molecule has 182 valence electrons. The number of nitrogens with zero attached hydrogens (tertiary/aromatic N) is 2. The van der Waals surface area contributed by atoms with Crippen molar-refractivity contribution in [3.05, 3.63) is 88.2 Å². The van der Waals surface area contributed by atoms with Crippen LogP contribution in [0, 0.1) is 0 Å². The summed E-state index contributed by atoms with van der Waals surface area (Å²) >= 11 is 1.34. The topological polar surface area (TPSA) is 64.0 Å². The van der Waals surface area contributed by atoms with Gasteiger partial charge in [-0.05, 0) is 43.2 Å². The molecule has 0 bridgehead atoms. The van der Waals surface area contributed by atoms with E-state index in [-0.39, 0.29) is 22.6 Å². The van der Waals surface area contributed by atoms with Crippen LogP contribution >= 0.6 is 11.8 Å². The highest BCUT2D eigenvalue weighted by atomic mass is 32.2. The predicted octanol–water partition coefficient (Wildman–Crippen LogP) is 6.18. The Morgan fingerprint density at radius 2 is 1.78 bits per heavy atom. The lowest BCUT2D eigenvalue weighted by Gasteiger charge is -2.36. The number of carbonyl (C=O) groups is 1. The van der Waals surface area contributed by atoms with Crippen LogP contribution in [0.2, 0.25) is 0 Å². The summed E-state index contributed by atoms with van der Waals surface area (Å²) in [5.74, 6) is 0.0694. The Morgan fingerprint density at radius 1 is 1.03 bits per heavy atom. The van der Waals surface area contributed by atoms with Gasteiger partial charge in [-0.1, -0.05) is 85.3 Å².